The van der Waals surface area contributed by atoms with Gasteiger partial charge in [0.2, 0.25) is 19.3 Å². The normalized spacial score (nSPS) is 11.3. The van der Waals surface area contributed by atoms with Crippen LogP contribution in [-0.4, -0.2) is 24.5 Å². The summed E-state index contributed by atoms with van der Waals surface area (Å²) in [5, 5.41) is 9.66. The molecule has 0 aliphatic carbocycles. The largest absolute Gasteiger partial charge is 0.296 e. The lowest BCUT2D eigenvalue weighted by molar-refractivity contribution is 0.102. The van der Waals surface area contributed by atoms with Crippen LogP contribution in [0.15, 0.2) is 52.9 Å². The maximum absolute atomic E-state index is 13.6. The number of hydrogen-bond acceptors (Lipinski definition) is 6. The number of anilines is 1. The minimum absolute atomic E-state index is 0.0132. The number of carbonyl (C=O) groups is 1. The van der Waals surface area contributed by atoms with Gasteiger partial charge in [0.05, 0.1) is 11.3 Å². The second-order valence-electron chi connectivity index (χ2n) is 5.55. The zero-order valence-corrected chi connectivity index (χ0v) is 15.3. The fourth-order valence-electron chi connectivity index (χ4n) is 2.16. The van der Waals surface area contributed by atoms with Gasteiger partial charge in [0.25, 0.3) is 5.91 Å². The van der Waals surface area contributed by atoms with Crippen LogP contribution >= 0.6 is 11.3 Å². The molecule has 0 unspecified atom stereocenters. The lowest BCUT2D eigenvalue weighted by Crippen LogP contribution is -2.13. The van der Waals surface area contributed by atoms with E-state index in [0.717, 1.165) is 23.0 Å². The van der Waals surface area contributed by atoms with Crippen molar-refractivity contribution in [3.8, 4) is 0 Å². The standard InChI is InChI=1S/C17H14FN3O3S2/c1-11-6-8-12(9-7-11)10-26(23,24)17-21-20-16(25-17)19-15(22)13-4-2-3-5-14(13)18/h2-9H,10H2,1H3,(H,19,20,22). The van der Waals surface area contributed by atoms with E-state index in [2.05, 4.69) is 15.5 Å². The van der Waals surface area contributed by atoms with Gasteiger partial charge in [0.15, 0.2) is 0 Å². The Kier molecular flexibility index (Phi) is 5.10. The van der Waals surface area contributed by atoms with E-state index in [0.29, 0.717) is 5.56 Å². The molecule has 0 radical (unpaired) electrons. The van der Waals surface area contributed by atoms with Crippen LogP contribution in [0.5, 0.6) is 0 Å². The molecule has 0 bridgehead atoms. The van der Waals surface area contributed by atoms with E-state index in [4.69, 9.17) is 0 Å². The van der Waals surface area contributed by atoms with Gasteiger partial charge < -0.3 is 0 Å². The second-order valence-corrected chi connectivity index (χ2v) is 8.69. The summed E-state index contributed by atoms with van der Waals surface area (Å²) in [6.07, 6.45) is 0. The first-order valence-corrected chi connectivity index (χ1v) is 10.00. The zero-order valence-electron chi connectivity index (χ0n) is 13.6. The molecule has 0 aliphatic rings. The maximum atomic E-state index is 13.6. The Bertz CT molecular complexity index is 1050. The van der Waals surface area contributed by atoms with Crippen molar-refractivity contribution in [1.82, 2.24) is 10.2 Å². The minimum Gasteiger partial charge on any atom is -0.296 e. The van der Waals surface area contributed by atoms with E-state index in [1.807, 2.05) is 19.1 Å². The Morgan fingerprint density at radius 3 is 2.50 bits per heavy atom. The highest BCUT2D eigenvalue weighted by molar-refractivity contribution is 7.92. The highest BCUT2D eigenvalue weighted by atomic mass is 32.2. The number of nitrogens with zero attached hydrogens (tertiary/aromatic N) is 2. The Labute approximate surface area is 153 Å². The Hall–Kier alpha value is -2.65. The van der Waals surface area contributed by atoms with Crippen LogP contribution in [0.2, 0.25) is 0 Å². The number of sulfone groups is 1. The predicted octanol–water partition coefficient (Wildman–Crippen LogP) is 3.21. The van der Waals surface area contributed by atoms with Crippen molar-refractivity contribution in [2.24, 2.45) is 0 Å². The molecule has 0 atom stereocenters. The number of benzene rings is 2. The molecule has 0 fully saturated rings. The molecule has 3 aromatic rings. The highest BCUT2D eigenvalue weighted by Crippen LogP contribution is 2.24. The molecule has 0 aliphatic heterocycles. The molecule has 1 amide bonds. The zero-order chi connectivity index (χ0) is 18.7. The number of nitrogens with one attached hydrogen (secondary N) is 1. The quantitative estimate of drug-likeness (QED) is 0.675. The Morgan fingerprint density at radius 2 is 1.81 bits per heavy atom. The minimum atomic E-state index is -3.69. The first-order valence-electron chi connectivity index (χ1n) is 7.53. The van der Waals surface area contributed by atoms with E-state index in [-0.39, 0.29) is 20.8 Å². The van der Waals surface area contributed by atoms with Crippen LogP contribution in [0.25, 0.3) is 0 Å². The molecule has 26 heavy (non-hydrogen) atoms. The number of amides is 1. The molecule has 134 valence electrons. The number of halogens is 1. The molecule has 2 aromatic carbocycles. The molecule has 1 N–H and O–H groups in total. The molecule has 0 saturated heterocycles. The summed E-state index contributed by atoms with van der Waals surface area (Å²) in [6, 6.07) is 12.6. The first-order chi connectivity index (χ1) is 12.3. The second kappa shape index (κ2) is 7.30. The monoisotopic (exact) mass is 391 g/mol. The van der Waals surface area contributed by atoms with Gasteiger partial charge in [-0.05, 0) is 24.6 Å². The van der Waals surface area contributed by atoms with Gasteiger partial charge in [-0.1, -0.05) is 53.3 Å². The molecule has 9 heteroatoms. The molecule has 0 saturated carbocycles. The van der Waals surface area contributed by atoms with Crippen LogP contribution < -0.4 is 5.32 Å². The molecule has 0 spiro atoms. The summed E-state index contributed by atoms with van der Waals surface area (Å²) >= 11 is 0.726. The SMILES string of the molecule is Cc1ccc(CS(=O)(=O)c2nnc(NC(=O)c3ccccc3F)s2)cc1. The number of rotatable bonds is 5. The third-order valence-electron chi connectivity index (χ3n) is 3.49. The van der Waals surface area contributed by atoms with E-state index >= 15 is 0 Å². The lowest BCUT2D eigenvalue weighted by atomic mass is 10.2. The number of aromatic nitrogens is 2. The van der Waals surface area contributed by atoms with Crippen molar-refractivity contribution < 1.29 is 17.6 Å². The Balaban J connectivity index is 1.75. The molecule has 6 nitrogen and oxygen atoms in total. The third kappa shape index (κ3) is 4.12. The van der Waals surface area contributed by atoms with Crippen molar-refractivity contribution in [3.05, 3.63) is 71.0 Å². The topological polar surface area (TPSA) is 89.0 Å². The summed E-state index contributed by atoms with van der Waals surface area (Å²) in [4.78, 5) is 12.1. The summed E-state index contributed by atoms with van der Waals surface area (Å²) in [6.45, 7) is 1.91. The van der Waals surface area contributed by atoms with E-state index in [1.54, 1.807) is 12.1 Å². The Morgan fingerprint density at radius 1 is 1.12 bits per heavy atom. The van der Waals surface area contributed by atoms with Crippen molar-refractivity contribution >= 4 is 32.2 Å². The van der Waals surface area contributed by atoms with Crippen LogP contribution in [-0.2, 0) is 15.6 Å². The van der Waals surface area contributed by atoms with Gasteiger partial charge in [0.1, 0.15) is 5.82 Å². The van der Waals surface area contributed by atoms with E-state index in [1.165, 1.54) is 18.2 Å². The van der Waals surface area contributed by atoms with Gasteiger partial charge in [-0.2, -0.15) is 0 Å². The molecule has 3 rings (SSSR count). The van der Waals surface area contributed by atoms with Gasteiger partial charge in [-0.15, -0.1) is 10.2 Å². The van der Waals surface area contributed by atoms with Gasteiger partial charge in [0, 0.05) is 0 Å². The van der Waals surface area contributed by atoms with Gasteiger partial charge >= 0.3 is 0 Å². The van der Waals surface area contributed by atoms with Crippen molar-refractivity contribution in [3.63, 3.8) is 0 Å². The lowest BCUT2D eigenvalue weighted by Gasteiger charge is -2.02. The number of carbonyl (C=O) groups excluding carboxylic acids is 1. The smallest absolute Gasteiger partial charge is 0.260 e. The first kappa shape index (κ1) is 18.2. The van der Waals surface area contributed by atoms with Crippen LogP contribution in [0, 0.1) is 12.7 Å². The maximum Gasteiger partial charge on any atom is 0.260 e. The average molecular weight is 391 g/mol. The third-order valence-corrected chi connectivity index (χ3v) is 6.46. The van der Waals surface area contributed by atoms with Crippen LogP contribution in [0.3, 0.4) is 0 Å². The summed E-state index contributed by atoms with van der Waals surface area (Å²) in [5.41, 5.74) is 1.50. The molecular formula is C17H14FN3O3S2. The molecular weight excluding hydrogens is 377 g/mol. The highest BCUT2D eigenvalue weighted by Gasteiger charge is 2.22. The van der Waals surface area contributed by atoms with Crippen molar-refractivity contribution in [1.29, 1.82) is 0 Å². The average Bonchev–Trinajstić information content (AvgIpc) is 3.06. The fraction of sp³-hybridized carbons (Fsp3) is 0.118. The van der Waals surface area contributed by atoms with E-state index in [9.17, 15) is 17.6 Å². The molecule has 1 aromatic heterocycles. The number of aryl methyl sites for hydroxylation is 1. The van der Waals surface area contributed by atoms with Crippen molar-refractivity contribution in [2.45, 2.75) is 17.0 Å². The van der Waals surface area contributed by atoms with Crippen LogP contribution in [0.1, 0.15) is 21.5 Å². The van der Waals surface area contributed by atoms with Gasteiger partial charge in [-0.3, -0.25) is 10.1 Å². The van der Waals surface area contributed by atoms with E-state index < -0.39 is 21.6 Å². The number of hydrogen-bond donors (Lipinski definition) is 1. The van der Waals surface area contributed by atoms with Gasteiger partial charge in [-0.25, -0.2) is 12.8 Å². The fourth-order valence-corrected chi connectivity index (χ4v) is 4.48. The van der Waals surface area contributed by atoms with Crippen LogP contribution in [0.4, 0.5) is 9.52 Å². The molecule has 1 heterocycles. The predicted molar refractivity (Wildman–Crippen MR) is 96.3 cm³/mol. The summed E-state index contributed by atoms with van der Waals surface area (Å²) in [5.74, 6) is -1.62. The van der Waals surface area contributed by atoms with Crippen molar-refractivity contribution in [2.75, 3.05) is 5.32 Å². The summed E-state index contributed by atoms with van der Waals surface area (Å²) < 4.78 is 38.3. The summed E-state index contributed by atoms with van der Waals surface area (Å²) in [7, 11) is -3.69.